The fourth-order valence-corrected chi connectivity index (χ4v) is 9.77. The molecule has 1 saturated heterocycles. The smallest absolute Gasteiger partial charge is 0.225 e. The van der Waals surface area contributed by atoms with Gasteiger partial charge in [-0.15, -0.1) is 35.2 Å². The molecule has 0 saturated carbocycles. The van der Waals surface area contributed by atoms with Crippen molar-refractivity contribution in [1.29, 1.82) is 0 Å². The van der Waals surface area contributed by atoms with E-state index in [1.165, 1.54) is 50.4 Å². The van der Waals surface area contributed by atoms with Gasteiger partial charge in [0.1, 0.15) is 5.82 Å². The third kappa shape index (κ3) is 6.81. The molecule has 2 atom stereocenters. The van der Waals surface area contributed by atoms with Crippen molar-refractivity contribution < 1.29 is 25.8 Å². The van der Waals surface area contributed by atoms with Gasteiger partial charge in [-0.05, 0) is 67.5 Å². The van der Waals surface area contributed by atoms with Gasteiger partial charge in [-0.1, -0.05) is 161 Å². The Labute approximate surface area is 394 Å². The second kappa shape index (κ2) is 14.9. The van der Waals surface area contributed by atoms with Crippen molar-refractivity contribution in [2.24, 2.45) is 0 Å². The summed E-state index contributed by atoms with van der Waals surface area (Å²) in [5.41, 5.74) is 14.2. The summed E-state index contributed by atoms with van der Waals surface area (Å²) >= 11 is 0. The molecule has 8 aromatic rings. The molecule has 64 heavy (non-hydrogen) atoms. The van der Waals surface area contributed by atoms with Crippen molar-refractivity contribution in [3.05, 3.63) is 175 Å². The van der Waals surface area contributed by atoms with Gasteiger partial charge in [-0.2, -0.15) is 10.7 Å². The van der Waals surface area contributed by atoms with Gasteiger partial charge in [0.25, 0.3) is 0 Å². The Hall–Kier alpha value is -5.32. The third-order valence-corrected chi connectivity index (χ3v) is 13.3. The van der Waals surface area contributed by atoms with Gasteiger partial charge in [-0.3, -0.25) is 0 Å². The molecular weight excluding hydrogens is 964 g/mol. The normalized spacial score (nSPS) is 18.2. The largest absolute Gasteiger partial charge is 0.509 e. The number of aromatic nitrogens is 2. The summed E-state index contributed by atoms with van der Waals surface area (Å²) in [7, 11) is 0. The van der Waals surface area contributed by atoms with E-state index in [0.29, 0.717) is 20.7 Å². The van der Waals surface area contributed by atoms with Gasteiger partial charge in [-0.25, -0.2) is 9.58 Å². The van der Waals surface area contributed by atoms with E-state index in [2.05, 4.69) is 228 Å². The minimum Gasteiger partial charge on any atom is -0.509 e. The van der Waals surface area contributed by atoms with Crippen LogP contribution in [0, 0.1) is 18.8 Å². The van der Waals surface area contributed by atoms with Gasteiger partial charge in [0.2, 0.25) is 11.4 Å². The molecule has 0 radical (unpaired) electrons. The van der Waals surface area contributed by atoms with E-state index >= 15 is 0 Å². The van der Waals surface area contributed by atoms with Crippen LogP contribution in [0.2, 0.25) is 0 Å². The zero-order valence-corrected chi connectivity index (χ0v) is 41.6. The SMILES string of the molecule is CC(C)(C)c1cc(Oc2[c-]c3c(cc2)c2ccccc2n3-c2cc(C(C)(C)C)ccn2)[c-]c([N+]23[CH-][N@+]2(c2cccc(C(C)(C)C)c2-c2ccccc2)c2ccc(C(C)(C)C)cc23)c1.[Pt]. The predicted molar refractivity (Wildman–Crippen MR) is 263 cm³/mol. The molecule has 0 bridgehead atoms. The average molecular weight is 1020 g/mol. The molecule has 6 heteroatoms. The number of para-hydroxylation sites is 1. The van der Waals surface area contributed by atoms with Crippen LogP contribution in [0.5, 0.6) is 11.5 Å². The summed E-state index contributed by atoms with van der Waals surface area (Å²) in [6, 6.07) is 54.2. The van der Waals surface area contributed by atoms with E-state index in [4.69, 9.17) is 9.72 Å². The number of rotatable bonds is 6. The third-order valence-electron chi connectivity index (χ3n) is 13.3. The van der Waals surface area contributed by atoms with E-state index in [1.54, 1.807) is 0 Å². The number of hydrogen-bond acceptors (Lipinski definition) is 2. The summed E-state index contributed by atoms with van der Waals surface area (Å²) in [5, 5.41) is 2.26. The van der Waals surface area contributed by atoms with Gasteiger partial charge in [0.05, 0.1) is 5.69 Å². The molecule has 2 aliphatic heterocycles. The molecular formula is C58H59N4OPt-. The maximum atomic E-state index is 7.00. The first-order valence-corrected chi connectivity index (χ1v) is 22.4. The molecule has 6 aromatic carbocycles. The number of nitrogens with zero attached hydrogens (tertiary/aromatic N) is 4. The first-order valence-electron chi connectivity index (χ1n) is 22.4. The van der Waals surface area contributed by atoms with Crippen molar-refractivity contribution in [3.63, 3.8) is 0 Å². The fourth-order valence-electron chi connectivity index (χ4n) is 9.77. The molecule has 0 N–H and O–H groups in total. The molecule has 0 amide bonds. The van der Waals surface area contributed by atoms with Crippen molar-refractivity contribution in [1.82, 2.24) is 18.7 Å². The van der Waals surface area contributed by atoms with Crippen LogP contribution in [0.1, 0.15) is 105 Å². The van der Waals surface area contributed by atoms with E-state index in [-0.39, 0.29) is 42.7 Å². The molecule has 2 aliphatic rings. The van der Waals surface area contributed by atoms with Gasteiger partial charge >= 0.3 is 0 Å². The molecule has 1 unspecified atom stereocenters. The number of quaternary nitrogens is 2. The Balaban J connectivity index is 0.00000518. The van der Waals surface area contributed by atoms with E-state index in [9.17, 15) is 0 Å². The number of hydrogen-bond donors (Lipinski definition) is 0. The second-order valence-electron chi connectivity index (χ2n) is 21.8. The zero-order chi connectivity index (χ0) is 44.5. The van der Waals surface area contributed by atoms with E-state index in [1.807, 2.05) is 12.3 Å². The van der Waals surface area contributed by atoms with Crippen LogP contribution in [0.4, 0.5) is 22.7 Å². The predicted octanol–water partition coefficient (Wildman–Crippen LogP) is 15.8. The monoisotopic (exact) mass is 1020 g/mol. The Bertz CT molecular complexity index is 3120. The quantitative estimate of drug-likeness (QED) is 0.0943. The van der Waals surface area contributed by atoms with Gasteiger partial charge < -0.3 is 9.30 Å². The molecule has 0 aliphatic carbocycles. The average Bonchev–Trinajstić information content (AvgIpc) is 3.72. The fraction of sp³-hybridized carbons (Fsp3) is 0.276. The molecule has 0 spiro atoms. The second-order valence-corrected chi connectivity index (χ2v) is 21.8. The van der Waals surface area contributed by atoms with Crippen LogP contribution in [0.3, 0.4) is 0 Å². The number of ether oxygens (including phenoxy) is 1. The van der Waals surface area contributed by atoms with Crippen molar-refractivity contribution in [2.45, 2.75) is 105 Å². The van der Waals surface area contributed by atoms with Crippen LogP contribution < -0.4 is 13.9 Å². The Morgan fingerprint density at radius 1 is 0.531 bits per heavy atom. The maximum Gasteiger partial charge on any atom is 0.225 e. The molecule has 4 heterocycles. The summed E-state index contributed by atoms with van der Waals surface area (Å²) in [6.45, 7) is 29.9. The van der Waals surface area contributed by atoms with E-state index < -0.39 is 0 Å². The Kier molecular flexibility index (Phi) is 10.2. The maximum absolute atomic E-state index is 7.00. The molecule has 5 nitrogen and oxygen atoms in total. The Morgan fingerprint density at radius 3 is 1.92 bits per heavy atom. The van der Waals surface area contributed by atoms with Gasteiger partial charge in [0, 0.05) is 68.0 Å². The molecule has 328 valence electrons. The summed E-state index contributed by atoms with van der Waals surface area (Å²) in [4.78, 5) is 4.91. The van der Waals surface area contributed by atoms with Gasteiger partial charge in [0.15, 0.2) is 12.4 Å². The summed E-state index contributed by atoms with van der Waals surface area (Å²) < 4.78 is 10.3. The van der Waals surface area contributed by atoms with Crippen LogP contribution in [0.15, 0.2) is 134 Å². The van der Waals surface area contributed by atoms with E-state index in [0.717, 1.165) is 33.3 Å². The molecule has 1 fully saturated rings. The first-order chi connectivity index (χ1) is 29.7. The van der Waals surface area contributed by atoms with Crippen molar-refractivity contribution in [3.8, 4) is 28.4 Å². The van der Waals surface area contributed by atoms with Crippen molar-refractivity contribution >= 4 is 44.6 Å². The van der Waals surface area contributed by atoms with Crippen LogP contribution in [0.25, 0.3) is 38.8 Å². The number of benzene rings is 6. The van der Waals surface area contributed by atoms with Crippen LogP contribution in [-0.2, 0) is 42.7 Å². The van der Waals surface area contributed by atoms with Crippen molar-refractivity contribution in [2.75, 3.05) is 0 Å². The van der Waals surface area contributed by atoms with Crippen LogP contribution >= 0.6 is 0 Å². The molecule has 2 aromatic heterocycles. The number of fused-ring (bicyclic) bond motifs is 7. The number of pyridine rings is 1. The topological polar surface area (TPSA) is 27.1 Å². The summed E-state index contributed by atoms with van der Waals surface area (Å²) in [5.74, 6) is 2.16. The molecule has 10 rings (SSSR count). The van der Waals surface area contributed by atoms with Crippen LogP contribution in [-0.4, -0.2) is 9.55 Å². The standard InChI is InChI=1S/C58H59N4O.Pt/c1-55(2,3)39-25-28-50-52(33-39)61(37-62(50,61)51-24-18-22-47(58(10,11)12)54(51)38-19-14-13-15-20-38)42-31-41(57(7,8)9)32-44(35-42)63-43-26-27-46-45-21-16-17-23-48(45)60(49(46)36-43)53-34-40(29-30-59-53)56(4,5)6;/h13-34,37H,1-12H3;/q-1;/t61?,62-;/m1./s1. The summed E-state index contributed by atoms with van der Waals surface area (Å²) in [6.07, 6.45) is 1.92. The zero-order valence-electron chi connectivity index (χ0n) is 39.3. The minimum atomic E-state index is -0.169. The first kappa shape index (κ1) is 43.9. The minimum absolute atomic E-state index is 0. The Morgan fingerprint density at radius 2 is 1.22 bits per heavy atom.